The zero-order valence-electron chi connectivity index (χ0n) is 10.3. The van der Waals surface area contributed by atoms with E-state index in [1.165, 1.54) is 0 Å². The van der Waals surface area contributed by atoms with E-state index in [1.807, 2.05) is 0 Å². The minimum Gasteiger partial charge on any atom is -0.365 e. The first-order valence-electron chi connectivity index (χ1n) is 5.80. The Kier molecular flexibility index (Phi) is 3.94. The molecule has 1 aliphatic rings. The maximum Gasteiger partial charge on any atom is 0.253 e. The van der Waals surface area contributed by atoms with Crippen LogP contribution in [0.4, 0.5) is 27.6 Å². The zero-order valence-corrected chi connectivity index (χ0v) is 10.3. The molecule has 0 aromatic heterocycles. The van der Waals surface area contributed by atoms with E-state index in [1.54, 1.807) is 12.2 Å². The lowest BCUT2D eigenvalue weighted by Crippen LogP contribution is -2.29. The van der Waals surface area contributed by atoms with Crippen LogP contribution in [-0.4, -0.2) is 18.1 Å². The van der Waals surface area contributed by atoms with E-state index < -0.39 is 46.8 Å². The highest BCUT2D eigenvalue weighted by molar-refractivity contribution is 5.94. The second-order valence-electron chi connectivity index (χ2n) is 4.45. The number of carbonyl (C=O) groups excluding carboxylic acids is 1. The summed E-state index contributed by atoms with van der Waals surface area (Å²) in [6, 6.07) is 0. The van der Waals surface area contributed by atoms with Crippen molar-refractivity contribution >= 4 is 11.6 Å². The van der Waals surface area contributed by atoms with E-state index in [-0.39, 0.29) is 6.10 Å². The number of anilines is 1. The quantitative estimate of drug-likeness (QED) is 0.517. The molecule has 2 atom stereocenters. The van der Waals surface area contributed by atoms with Gasteiger partial charge in [0.15, 0.2) is 23.3 Å². The topological polar surface area (TPSA) is 38.3 Å². The van der Waals surface area contributed by atoms with Crippen LogP contribution in [0.2, 0.25) is 0 Å². The number of hydrogen-bond acceptors (Lipinski definition) is 2. The molecule has 0 spiro atoms. The molecule has 0 aliphatic carbocycles. The van der Waals surface area contributed by atoms with Gasteiger partial charge in [0.25, 0.3) is 5.91 Å². The second kappa shape index (κ2) is 5.35. The van der Waals surface area contributed by atoms with Gasteiger partial charge in [0.2, 0.25) is 5.82 Å². The van der Waals surface area contributed by atoms with Gasteiger partial charge in [0.1, 0.15) is 11.8 Å². The molecule has 3 nitrogen and oxygen atoms in total. The summed E-state index contributed by atoms with van der Waals surface area (Å²) in [4.78, 5) is 11.7. The Morgan fingerprint density at radius 2 is 1.50 bits per heavy atom. The van der Waals surface area contributed by atoms with Crippen LogP contribution in [0.25, 0.3) is 0 Å². The lowest BCUT2D eigenvalue weighted by Gasteiger charge is -2.13. The van der Waals surface area contributed by atoms with E-state index >= 15 is 0 Å². The summed E-state index contributed by atoms with van der Waals surface area (Å²) in [6.45, 7) is 1.70. The molecule has 20 heavy (non-hydrogen) atoms. The molecule has 1 saturated heterocycles. The van der Waals surface area contributed by atoms with Crippen molar-refractivity contribution in [2.24, 2.45) is 0 Å². The third kappa shape index (κ3) is 2.47. The molecule has 1 amide bonds. The molecule has 110 valence electrons. The van der Waals surface area contributed by atoms with Gasteiger partial charge in [0.05, 0.1) is 6.10 Å². The first kappa shape index (κ1) is 14.7. The number of hydrogen-bond donors (Lipinski definition) is 1. The number of ether oxygens (including phenoxy) is 1. The summed E-state index contributed by atoms with van der Waals surface area (Å²) in [7, 11) is 0. The average molecular weight is 295 g/mol. The third-order valence-corrected chi connectivity index (χ3v) is 2.98. The molecule has 0 saturated carbocycles. The van der Waals surface area contributed by atoms with Crippen molar-refractivity contribution in [3.63, 3.8) is 0 Å². The van der Waals surface area contributed by atoms with Crippen LogP contribution in [0.3, 0.4) is 0 Å². The number of carbonyl (C=O) groups is 1. The highest BCUT2D eigenvalue weighted by Gasteiger charge is 2.32. The molecular weight excluding hydrogens is 285 g/mol. The molecule has 1 N–H and O–H groups in total. The number of halogens is 5. The average Bonchev–Trinajstić information content (AvgIpc) is 2.85. The Bertz CT molecular complexity index is 534. The summed E-state index contributed by atoms with van der Waals surface area (Å²) in [5, 5.41) is 1.69. The fourth-order valence-corrected chi connectivity index (χ4v) is 1.91. The maximum atomic E-state index is 13.4. The standard InChI is InChI=1S/C12H10F5NO2/c1-4-2-3-5(20-4)12(19)18-11-9(16)7(14)6(13)8(15)10(11)17/h4-5H,2-3H2,1H3,(H,18,19). The van der Waals surface area contributed by atoms with Gasteiger partial charge in [-0.2, -0.15) is 0 Å². The molecule has 1 fully saturated rings. The largest absolute Gasteiger partial charge is 0.365 e. The predicted molar refractivity (Wildman–Crippen MR) is 58.4 cm³/mol. The Labute approximate surface area is 110 Å². The van der Waals surface area contributed by atoms with E-state index in [0.717, 1.165) is 0 Å². The number of benzene rings is 1. The lowest BCUT2D eigenvalue weighted by atomic mass is 10.2. The first-order chi connectivity index (χ1) is 9.32. The molecule has 1 heterocycles. The Morgan fingerprint density at radius 1 is 1.00 bits per heavy atom. The maximum absolute atomic E-state index is 13.4. The van der Waals surface area contributed by atoms with Crippen LogP contribution in [0, 0.1) is 29.1 Å². The van der Waals surface area contributed by atoms with Crippen molar-refractivity contribution in [3.8, 4) is 0 Å². The summed E-state index contributed by atoms with van der Waals surface area (Å²) in [6.07, 6.45) is -0.306. The zero-order chi connectivity index (χ0) is 15.0. The van der Waals surface area contributed by atoms with Crippen LogP contribution in [0.1, 0.15) is 19.8 Å². The van der Waals surface area contributed by atoms with Crippen molar-refractivity contribution < 1.29 is 31.5 Å². The van der Waals surface area contributed by atoms with Crippen LogP contribution >= 0.6 is 0 Å². The smallest absolute Gasteiger partial charge is 0.253 e. The number of rotatable bonds is 2. The van der Waals surface area contributed by atoms with Gasteiger partial charge in [-0.1, -0.05) is 0 Å². The summed E-state index contributed by atoms with van der Waals surface area (Å²) < 4.78 is 70.6. The minimum atomic E-state index is -2.27. The van der Waals surface area contributed by atoms with Crippen LogP contribution in [-0.2, 0) is 9.53 Å². The summed E-state index contributed by atoms with van der Waals surface area (Å²) in [5.74, 6) is -11.6. The van der Waals surface area contributed by atoms with E-state index in [2.05, 4.69) is 0 Å². The van der Waals surface area contributed by atoms with Gasteiger partial charge in [-0.15, -0.1) is 0 Å². The van der Waals surface area contributed by atoms with Gasteiger partial charge in [-0.05, 0) is 19.8 Å². The van der Waals surface area contributed by atoms with Crippen molar-refractivity contribution in [1.82, 2.24) is 0 Å². The normalized spacial score (nSPS) is 22.1. The Morgan fingerprint density at radius 3 is 1.95 bits per heavy atom. The van der Waals surface area contributed by atoms with E-state index in [9.17, 15) is 26.7 Å². The molecule has 0 radical (unpaired) electrons. The van der Waals surface area contributed by atoms with Crippen molar-refractivity contribution in [2.45, 2.75) is 32.0 Å². The first-order valence-corrected chi connectivity index (χ1v) is 5.80. The van der Waals surface area contributed by atoms with Gasteiger partial charge < -0.3 is 10.1 Å². The van der Waals surface area contributed by atoms with Gasteiger partial charge in [0, 0.05) is 0 Å². The highest BCUT2D eigenvalue weighted by Crippen LogP contribution is 2.28. The van der Waals surface area contributed by atoms with Gasteiger partial charge in [-0.3, -0.25) is 4.79 Å². The molecule has 8 heteroatoms. The molecule has 1 aromatic carbocycles. The minimum absolute atomic E-state index is 0.206. The fraction of sp³-hybridized carbons (Fsp3) is 0.417. The Hall–Kier alpha value is -1.70. The molecule has 1 aromatic rings. The SMILES string of the molecule is CC1CCC(C(=O)Nc2c(F)c(F)c(F)c(F)c2F)O1. The number of amides is 1. The van der Waals surface area contributed by atoms with Crippen LogP contribution in [0.15, 0.2) is 0 Å². The van der Waals surface area contributed by atoms with Crippen LogP contribution in [0.5, 0.6) is 0 Å². The monoisotopic (exact) mass is 295 g/mol. The molecule has 0 bridgehead atoms. The molecule has 1 aliphatic heterocycles. The summed E-state index contributed by atoms with van der Waals surface area (Å²) in [5.41, 5.74) is -1.37. The van der Waals surface area contributed by atoms with E-state index in [0.29, 0.717) is 12.8 Å². The molecule has 2 unspecified atom stereocenters. The summed E-state index contributed by atoms with van der Waals surface area (Å²) >= 11 is 0. The van der Waals surface area contributed by atoms with E-state index in [4.69, 9.17) is 4.74 Å². The van der Waals surface area contributed by atoms with Gasteiger partial charge in [-0.25, -0.2) is 22.0 Å². The molecule has 2 rings (SSSR count). The lowest BCUT2D eigenvalue weighted by molar-refractivity contribution is -0.126. The van der Waals surface area contributed by atoms with Crippen molar-refractivity contribution in [1.29, 1.82) is 0 Å². The third-order valence-electron chi connectivity index (χ3n) is 2.98. The fourth-order valence-electron chi connectivity index (χ4n) is 1.91. The molecular formula is C12H10F5NO2. The van der Waals surface area contributed by atoms with Crippen molar-refractivity contribution in [2.75, 3.05) is 5.32 Å². The van der Waals surface area contributed by atoms with Crippen LogP contribution < -0.4 is 5.32 Å². The Balaban J connectivity index is 2.28. The predicted octanol–water partition coefficient (Wildman–Crippen LogP) is 2.89. The second-order valence-corrected chi connectivity index (χ2v) is 4.45. The number of nitrogens with one attached hydrogen (secondary N) is 1. The van der Waals surface area contributed by atoms with Crippen molar-refractivity contribution in [3.05, 3.63) is 29.1 Å². The highest BCUT2D eigenvalue weighted by atomic mass is 19.2. The van der Waals surface area contributed by atoms with Gasteiger partial charge >= 0.3 is 0 Å².